The zero-order valence-electron chi connectivity index (χ0n) is 25.4. The molecule has 0 unspecified atom stereocenters. The lowest BCUT2D eigenvalue weighted by atomic mass is 9.90. The van der Waals surface area contributed by atoms with Gasteiger partial charge in [0.05, 0.1) is 16.9 Å². The Labute approximate surface area is 271 Å². The SMILES string of the molecule is c1ccc(-c2cc3ccccc3c3c(-c4cccc5c4ccc4ccccc45)c(-c4cccc5c4ccc4ccccc45)nn23)nc1. The fourth-order valence-corrected chi connectivity index (χ4v) is 7.53. The zero-order chi connectivity index (χ0) is 30.9. The lowest BCUT2D eigenvalue weighted by Gasteiger charge is -2.13. The van der Waals surface area contributed by atoms with Crippen LogP contribution in [-0.2, 0) is 0 Å². The van der Waals surface area contributed by atoms with Crippen LogP contribution in [0, 0.1) is 0 Å². The van der Waals surface area contributed by atoms with E-state index in [1.54, 1.807) is 0 Å². The normalized spacial score (nSPS) is 11.8. The first-order chi connectivity index (χ1) is 23.3. The maximum atomic E-state index is 5.56. The average Bonchev–Trinajstić information content (AvgIpc) is 3.55. The van der Waals surface area contributed by atoms with Gasteiger partial charge < -0.3 is 0 Å². The molecule has 0 aliphatic heterocycles. The topological polar surface area (TPSA) is 30.2 Å². The molecule has 0 atom stereocenters. The van der Waals surface area contributed by atoms with Crippen LogP contribution < -0.4 is 0 Å². The summed E-state index contributed by atoms with van der Waals surface area (Å²) in [6.45, 7) is 0. The van der Waals surface area contributed by atoms with Crippen molar-refractivity contribution in [1.29, 1.82) is 0 Å². The Morgan fingerprint density at radius 3 is 1.66 bits per heavy atom. The van der Waals surface area contributed by atoms with E-state index < -0.39 is 0 Å². The van der Waals surface area contributed by atoms with Gasteiger partial charge >= 0.3 is 0 Å². The molecule has 7 aromatic carbocycles. The van der Waals surface area contributed by atoms with E-state index in [1.807, 2.05) is 18.3 Å². The fraction of sp³-hybridized carbons (Fsp3) is 0. The first-order valence-corrected chi connectivity index (χ1v) is 16.0. The summed E-state index contributed by atoms with van der Waals surface area (Å²) in [6, 6.07) is 56.6. The molecule has 0 amide bonds. The monoisotopic (exact) mass is 597 g/mol. The van der Waals surface area contributed by atoms with Crippen LogP contribution in [0.2, 0.25) is 0 Å². The Balaban J connectivity index is 1.42. The first kappa shape index (κ1) is 26.0. The molecule has 3 nitrogen and oxygen atoms in total. The van der Waals surface area contributed by atoms with Crippen LogP contribution >= 0.6 is 0 Å². The molecule has 3 heteroatoms. The molecule has 10 aromatic rings. The highest BCUT2D eigenvalue weighted by Gasteiger charge is 2.24. The summed E-state index contributed by atoms with van der Waals surface area (Å²) in [5, 5.41) is 17.7. The predicted molar refractivity (Wildman–Crippen MR) is 197 cm³/mol. The third kappa shape index (κ3) is 3.87. The number of hydrogen-bond acceptors (Lipinski definition) is 2. The molecular formula is C44H27N3. The van der Waals surface area contributed by atoms with Gasteiger partial charge in [0, 0.05) is 22.7 Å². The molecule has 0 aliphatic carbocycles. The van der Waals surface area contributed by atoms with E-state index in [1.165, 1.54) is 48.7 Å². The van der Waals surface area contributed by atoms with Gasteiger partial charge in [0.2, 0.25) is 0 Å². The second-order valence-electron chi connectivity index (χ2n) is 12.2. The Morgan fingerprint density at radius 2 is 0.979 bits per heavy atom. The molecule has 0 fully saturated rings. The van der Waals surface area contributed by atoms with Crippen molar-refractivity contribution in [2.75, 3.05) is 0 Å². The van der Waals surface area contributed by atoms with Gasteiger partial charge in [-0.25, -0.2) is 4.52 Å². The molecule has 0 spiro atoms. The highest BCUT2D eigenvalue weighted by atomic mass is 15.2. The first-order valence-electron chi connectivity index (χ1n) is 16.0. The smallest absolute Gasteiger partial charge is 0.102 e. The molecular weight excluding hydrogens is 571 g/mol. The minimum absolute atomic E-state index is 0.886. The van der Waals surface area contributed by atoms with Crippen LogP contribution in [0.4, 0.5) is 0 Å². The third-order valence-corrected chi connectivity index (χ3v) is 9.65. The van der Waals surface area contributed by atoms with Crippen molar-refractivity contribution in [2.24, 2.45) is 0 Å². The van der Waals surface area contributed by atoms with E-state index in [9.17, 15) is 0 Å². The van der Waals surface area contributed by atoms with Crippen LogP contribution in [0.25, 0.3) is 93.2 Å². The van der Waals surface area contributed by atoms with E-state index in [0.29, 0.717) is 0 Å². The molecule has 0 bridgehead atoms. The zero-order valence-corrected chi connectivity index (χ0v) is 25.4. The Bertz CT molecular complexity index is 2850. The van der Waals surface area contributed by atoms with Crippen molar-refractivity contribution in [3.05, 3.63) is 164 Å². The van der Waals surface area contributed by atoms with Crippen LogP contribution in [0.5, 0.6) is 0 Å². The van der Waals surface area contributed by atoms with Gasteiger partial charge in [-0.2, -0.15) is 5.10 Å². The standard InChI is InChI=1S/C44H27N3/c1-4-14-31-28(11-1)22-24-36-34(31)17-9-19-38(36)42-43(39-20-10-18-35-32-15-5-2-12-29(32)23-25-37(35)39)46-47-41(40-21-7-8-26-45-40)27-30-13-3-6-16-33(30)44(42)47/h1-27H. The summed E-state index contributed by atoms with van der Waals surface area (Å²) in [5.41, 5.74) is 7.29. The van der Waals surface area contributed by atoms with Gasteiger partial charge in [0.1, 0.15) is 5.69 Å². The van der Waals surface area contributed by atoms with Crippen molar-refractivity contribution < 1.29 is 0 Å². The molecule has 0 radical (unpaired) electrons. The summed E-state index contributed by atoms with van der Waals surface area (Å²) in [7, 11) is 0. The number of hydrogen-bond donors (Lipinski definition) is 0. The summed E-state index contributed by atoms with van der Waals surface area (Å²) >= 11 is 0. The minimum Gasteiger partial charge on any atom is -0.255 e. The van der Waals surface area contributed by atoms with Crippen LogP contribution in [0.15, 0.2) is 164 Å². The van der Waals surface area contributed by atoms with E-state index >= 15 is 0 Å². The van der Waals surface area contributed by atoms with Gasteiger partial charge in [0.15, 0.2) is 0 Å². The van der Waals surface area contributed by atoms with Gasteiger partial charge in [0.25, 0.3) is 0 Å². The maximum absolute atomic E-state index is 5.56. The van der Waals surface area contributed by atoms with Crippen molar-refractivity contribution in [2.45, 2.75) is 0 Å². The number of pyridine rings is 2. The van der Waals surface area contributed by atoms with Crippen LogP contribution in [-0.4, -0.2) is 14.6 Å². The molecule has 0 aliphatic rings. The van der Waals surface area contributed by atoms with Gasteiger partial charge in [-0.1, -0.05) is 140 Å². The van der Waals surface area contributed by atoms with Crippen molar-refractivity contribution >= 4 is 59.4 Å². The van der Waals surface area contributed by atoms with E-state index in [4.69, 9.17) is 10.1 Å². The van der Waals surface area contributed by atoms with Gasteiger partial charge in [-0.05, 0) is 72.2 Å². The maximum Gasteiger partial charge on any atom is 0.102 e. The molecule has 3 aromatic heterocycles. The average molecular weight is 598 g/mol. The summed E-state index contributed by atoms with van der Waals surface area (Å²) in [6.07, 6.45) is 1.85. The van der Waals surface area contributed by atoms with Crippen molar-refractivity contribution in [1.82, 2.24) is 14.6 Å². The third-order valence-electron chi connectivity index (χ3n) is 9.65. The summed E-state index contributed by atoms with van der Waals surface area (Å²) in [5.74, 6) is 0. The lowest BCUT2D eigenvalue weighted by molar-refractivity contribution is 0.973. The Hall–Kier alpha value is -6.32. The van der Waals surface area contributed by atoms with Crippen molar-refractivity contribution in [3.8, 4) is 33.8 Å². The summed E-state index contributed by atoms with van der Waals surface area (Å²) in [4.78, 5) is 4.80. The number of aromatic nitrogens is 3. The minimum atomic E-state index is 0.886. The molecule has 0 saturated carbocycles. The molecule has 3 heterocycles. The Morgan fingerprint density at radius 1 is 0.404 bits per heavy atom. The van der Waals surface area contributed by atoms with Crippen LogP contribution in [0.3, 0.4) is 0 Å². The number of rotatable bonds is 3. The fourth-order valence-electron chi connectivity index (χ4n) is 7.53. The second-order valence-corrected chi connectivity index (χ2v) is 12.2. The van der Waals surface area contributed by atoms with Gasteiger partial charge in [-0.3, -0.25) is 4.98 Å². The summed E-state index contributed by atoms with van der Waals surface area (Å²) < 4.78 is 2.13. The van der Waals surface area contributed by atoms with E-state index in [-0.39, 0.29) is 0 Å². The van der Waals surface area contributed by atoms with Crippen LogP contribution in [0.1, 0.15) is 0 Å². The predicted octanol–water partition coefficient (Wildman–Crippen LogP) is 11.5. The quantitative estimate of drug-likeness (QED) is 0.190. The number of nitrogens with zero attached hydrogens (tertiary/aromatic N) is 3. The van der Waals surface area contributed by atoms with E-state index in [0.717, 1.165) is 44.5 Å². The molecule has 0 N–H and O–H groups in total. The molecule has 218 valence electrons. The molecule has 10 rings (SSSR count). The number of fused-ring (bicyclic) bond motifs is 9. The largest absolute Gasteiger partial charge is 0.255 e. The lowest BCUT2D eigenvalue weighted by Crippen LogP contribution is -1.97. The highest BCUT2D eigenvalue weighted by Crippen LogP contribution is 2.45. The molecule has 0 saturated heterocycles. The van der Waals surface area contributed by atoms with Gasteiger partial charge in [-0.15, -0.1) is 0 Å². The molecule has 47 heavy (non-hydrogen) atoms. The van der Waals surface area contributed by atoms with E-state index in [2.05, 4.69) is 150 Å². The van der Waals surface area contributed by atoms with Crippen molar-refractivity contribution in [3.63, 3.8) is 0 Å². The highest BCUT2D eigenvalue weighted by molar-refractivity contribution is 6.19. The second kappa shape index (κ2) is 10.1. The number of benzene rings is 7. The Kier molecular flexibility index (Phi) is 5.57.